The van der Waals surface area contributed by atoms with Crippen LogP contribution in [0.3, 0.4) is 0 Å². The van der Waals surface area contributed by atoms with E-state index in [1.165, 1.54) is 0 Å². The highest BCUT2D eigenvalue weighted by molar-refractivity contribution is 9.10. The number of ether oxygens (including phenoxy) is 1. The predicted molar refractivity (Wildman–Crippen MR) is 80.5 cm³/mol. The SMILES string of the molecule is CC(C)Oc1cc(Br)cc(C(=O)NCC(C)(O)C(=O)O)c1. The molecule has 0 aromatic heterocycles. The standard InChI is InChI=1S/C14H18BrNO5/c1-8(2)21-11-5-9(4-10(15)6-11)12(17)16-7-14(3,20)13(18)19/h4-6,8,20H,7H2,1-3H3,(H,16,17)(H,18,19). The quantitative estimate of drug-likeness (QED) is 0.719. The summed E-state index contributed by atoms with van der Waals surface area (Å²) in [6, 6.07) is 4.86. The lowest BCUT2D eigenvalue weighted by molar-refractivity contribution is -0.155. The number of carbonyl (C=O) groups excluding carboxylic acids is 1. The highest BCUT2D eigenvalue weighted by Crippen LogP contribution is 2.22. The second-order valence-electron chi connectivity index (χ2n) is 5.10. The van der Waals surface area contributed by atoms with Crippen LogP contribution < -0.4 is 10.1 Å². The molecule has 1 amide bonds. The maximum Gasteiger partial charge on any atom is 0.337 e. The molecule has 0 fully saturated rings. The molecule has 0 heterocycles. The Morgan fingerprint density at radius 2 is 2.00 bits per heavy atom. The van der Waals surface area contributed by atoms with E-state index in [9.17, 15) is 14.7 Å². The van der Waals surface area contributed by atoms with Crippen molar-refractivity contribution in [1.82, 2.24) is 5.32 Å². The number of rotatable bonds is 6. The first-order chi connectivity index (χ1) is 9.61. The zero-order chi connectivity index (χ0) is 16.2. The van der Waals surface area contributed by atoms with Crippen LogP contribution in [-0.4, -0.2) is 40.3 Å². The zero-order valence-electron chi connectivity index (χ0n) is 12.0. The first-order valence-electron chi connectivity index (χ1n) is 6.33. The Balaban J connectivity index is 2.83. The molecule has 1 rings (SSSR count). The van der Waals surface area contributed by atoms with Gasteiger partial charge < -0.3 is 20.3 Å². The Bertz CT molecular complexity index is 542. The molecule has 1 unspecified atom stereocenters. The Morgan fingerprint density at radius 1 is 1.38 bits per heavy atom. The van der Waals surface area contributed by atoms with Crippen molar-refractivity contribution < 1.29 is 24.5 Å². The molecule has 3 N–H and O–H groups in total. The van der Waals surface area contributed by atoms with E-state index in [4.69, 9.17) is 9.84 Å². The average molecular weight is 360 g/mol. The Hall–Kier alpha value is -1.60. The third kappa shape index (κ3) is 5.35. The highest BCUT2D eigenvalue weighted by atomic mass is 79.9. The van der Waals surface area contributed by atoms with Gasteiger partial charge in [-0.15, -0.1) is 0 Å². The molecule has 6 nitrogen and oxygen atoms in total. The minimum Gasteiger partial charge on any atom is -0.491 e. The van der Waals surface area contributed by atoms with Gasteiger partial charge in [0.25, 0.3) is 5.91 Å². The monoisotopic (exact) mass is 359 g/mol. The van der Waals surface area contributed by atoms with Gasteiger partial charge in [0.2, 0.25) is 0 Å². The number of aliphatic carboxylic acids is 1. The van der Waals surface area contributed by atoms with Crippen LogP contribution in [0.1, 0.15) is 31.1 Å². The van der Waals surface area contributed by atoms with Crippen molar-refractivity contribution in [2.45, 2.75) is 32.5 Å². The summed E-state index contributed by atoms with van der Waals surface area (Å²) in [6.07, 6.45) is -0.0389. The molecule has 7 heteroatoms. The van der Waals surface area contributed by atoms with E-state index in [0.717, 1.165) is 6.92 Å². The number of benzene rings is 1. The maximum atomic E-state index is 12.0. The Morgan fingerprint density at radius 3 is 2.52 bits per heavy atom. The third-order valence-corrected chi connectivity index (χ3v) is 3.02. The topological polar surface area (TPSA) is 95.9 Å². The molecule has 0 radical (unpaired) electrons. The summed E-state index contributed by atoms with van der Waals surface area (Å²) in [5.74, 6) is -1.37. The van der Waals surface area contributed by atoms with Crippen LogP contribution in [0.15, 0.2) is 22.7 Å². The molecule has 0 spiro atoms. The molecule has 0 bridgehead atoms. The lowest BCUT2D eigenvalue weighted by Gasteiger charge is -2.18. The van der Waals surface area contributed by atoms with Gasteiger partial charge in [0.15, 0.2) is 5.60 Å². The number of halogens is 1. The van der Waals surface area contributed by atoms with E-state index in [1.54, 1.807) is 18.2 Å². The van der Waals surface area contributed by atoms with Crippen LogP contribution in [0.5, 0.6) is 5.75 Å². The van der Waals surface area contributed by atoms with Crippen LogP contribution in [0.2, 0.25) is 0 Å². The molecule has 1 atom stereocenters. The zero-order valence-corrected chi connectivity index (χ0v) is 13.6. The molecule has 0 aliphatic heterocycles. The van der Waals surface area contributed by atoms with Gasteiger partial charge in [-0.2, -0.15) is 0 Å². The van der Waals surface area contributed by atoms with Crippen LogP contribution in [-0.2, 0) is 4.79 Å². The molecule has 0 aliphatic carbocycles. The van der Waals surface area contributed by atoms with Crippen molar-refractivity contribution >= 4 is 27.8 Å². The summed E-state index contributed by atoms with van der Waals surface area (Å²) in [7, 11) is 0. The fourth-order valence-electron chi connectivity index (χ4n) is 1.46. The largest absolute Gasteiger partial charge is 0.491 e. The van der Waals surface area contributed by atoms with E-state index in [1.807, 2.05) is 13.8 Å². The molecule has 0 saturated carbocycles. The lowest BCUT2D eigenvalue weighted by atomic mass is 10.1. The fraction of sp³-hybridized carbons (Fsp3) is 0.429. The number of carbonyl (C=O) groups is 2. The van der Waals surface area contributed by atoms with Crippen LogP contribution in [0.25, 0.3) is 0 Å². The Kier molecular flexibility index (Phi) is 5.74. The van der Waals surface area contributed by atoms with Gasteiger partial charge in [-0.25, -0.2) is 4.79 Å². The van der Waals surface area contributed by atoms with Crippen molar-refractivity contribution in [1.29, 1.82) is 0 Å². The normalized spacial score (nSPS) is 13.6. The number of hydrogen-bond donors (Lipinski definition) is 3. The number of carboxylic acid groups (broad SMARTS) is 1. The predicted octanol–water partition coefficient (Wildman–Crippen LogP) is 1.80. The third-order valence-electron chi connectivity index (χ3n) is 2.56. The maximum absolute atomic E-state index is 12.0. The van der Waals surface area contributed by atoms with Crippen molar-refractivity contribution in [3.8, 4) is 5.75 Å². The van der Waals surface area contributed by atoms with Crippen molar-refractivity contribution in [2.24, 2.45) is 0 Å². The summed E-state index contributed by atoms with van der Waals surface area (Å²) >= 11 is 3.28. The summed E-state index contributed by atoms with van der Waals surface area (Å²) in [5.41, 5.74) is -1.71. The van der Waals surface area contributed by atoms with Crippen molar-refractivity contribution in [3.05, 3.63) is 28.2 Å². The molecular weight excluding hydrogens is 342 g/mol. The summed E-state index contributed by atoms with van der Waals surface area (Å²) in [6.45, 7) is 4.45. The molecule has 116 valence electrons. The van der Waals surface area contributed by atoms with Gasteiger partial charge in [-0.05, 0) is 39.0 Å². The molecule has 1 aromatic carbocycles. The number of aliphatic hydroxyl groups is 1. The number of carboxylic acids is 1. The van der Waals surface area contributed by atoms with Gasteiger partial charge in [0.1, 0.15) is 5.75 Å². The molecular formula is C14H18BrNO5. The second-order valence-corrected chi connectivity index (χ2v) is 6.02. The fourth-order valence-corrected chi connectivity index (χ4v) is 1.94. The number of hydrogen-bond acceptors (Lipinski definition) is 4. The minimum absolute atomic E-state index is 0.0389. The number of amides is 1. The van der Waals surface area contributed by atoms with Gasteiger partial charge in [-0.3, -0.25) is 4.79 Å². The van der Waals surface area contributed by atoms with Crippen molar-refractivity contribution in [3.63, 3.8) is 0 Å². The van der Waals surface area contributed by atoms with E-state index >= 15 is 0 Å². The summed E-state index contributed by atoms with van der Waals surface area (Å²) in [4.78, 5) is 22.8. The van der Waals surface area contributed by atoms with Crippen LogP contribution in [0, 0.1) is 0 Å². The van der Waals surface area contributed by atoms with Crippen LogP contribution >= 0.6 is 15.9 Å². The molecule has 1 aromatic rings. The first kappa shape index (κ1) is 17.5. The van der Waals surface area contributed by atoms with Gasteiger partial charge in [0.05, 0.1) is 12.6 Å². The molecule has 21 heavy (non-hydrogen) atoms. The van der Waals surface area contributed by atoms with Crippen molar-refractivity contribution in [2.75, 3.05) is 6.54 Å². The van der Waals surface area contributed by atoms with Crippen LogP contribution in [0.4, 0.5) is 0 Å². The molecule has 0 aliphatic rings. The van der Waals surface area contributed by atoms with Gasteiger partial charge in [0, 0.05) is 10.0 Å². The molecule has 0 saturated heterocycles. The minimum atomic E-state index is -2.01. The first-order valence-corrected chi connectivity index (χ1v) is 7.12. The second kappa shape index (κ2) is 6.91. The summed E-state index contributed by atoms with van der Waals surface area (Å²) < 4.78 is 6.18. The highest BCUT2D eigenvalue weighted by Gasteiger charge is 2.30. The average Bonchev–Trinajstić information content (AvgIpc) is 2.34. The van der Waals surface area contributed by atoms with Gasteiger partial charge >= 0.3 is 5.97 Å². The van der Waals surface area contributed by atoms with E-state index in [0.29, 0.717) is 15.8 Å². The summed E-state index contributed by atoms with van der Waals surface area (Å²) in [5, 5.41) is 20.7. The Labute approximate surface area is 131 Å². The van der Waals surface area contributed by atoms with E-state index in [-0.39, 0.29) is 6.10 Å². The lowest BCUT2D eigenvalue weighted by Crippen LogP contribution is -2.46. The number of nitrogens with one attached hydrogen (secondary N) is 1. The van der Waals surface area contributed by atoms with E-state index in [2.05, 4.69) is 21.2 Å². The smallest absolute Gasteiger partial charge is 0.337 e. The van der Waals surface area contributed by atoms with E-state index < -0.39 is 24.0 Å². The van der Waals surface area contributed by atoms with Gasteiger partial charge in [-0.1, -0.05) is 15.9 Å².